The van der Waals surface area contributed by atoms with Crippen LogP contribution in [0.5, 0.6) is 5.75 Å². The maximum atomic E-state index is 12.7. The lowest BCUT2D eigenvalue weighted by atomic mass is 9.99. The van der Waals surface area contributed by atoms with E-state index in [0.29, 0.717) is 24.3 Å². The number of para-hydroxylation sites is 1. The second-order valence-electron chi connectivity index (χ2n) is 6.76. The highest BCUT2D eigenvalue weighted by molar-refractivity contribution is 8.18. The van der Waals surface area contributed by atoms with Gasteiger partial charge in [-0.05, 0) is 49.6 Å². The first-order valence-corrected chi connectivity index (χ1v) is 10.2. The monoisotopic (exact) mass is 404 g/mol. The molecule has 2 heterocycles. The normalized spacial score (nSPS) is 21.5. The maximum absolute atomic E-state index is 12.7. The quantitative estimate of drug-likeness (QED) is 0.733. The SMILES string of the molecule is COc1ccccc1/C=C1/SC(=O)N(CC(=O)N2CCCC[C@@H]2CCO)C1=O. The van der Waals surface area contributed by atoms with E-state index in [1.807, 2.05) is 12.1 Å². The fourth-order valence-electron chi connectivity index (χ4n) is 3.57. The lowest BCUT2D eigenvalue weighted by Gasteiger charge is -2.36. The van der Waals surface area contributed by atoms with E-state index in [1.165, 1.54) is 0 Å². The first-order valence-electron chi connectivity index (χ1n) is 9.34. The lowest BCUT2D eigenvalue weighted by molar-refractivity contribution is -0.139. The molecule has 0 radical (unpaired) electrons. The highest BCUT2D eigenvalue weighted by atomic mass is 32.2. The van der Waals surface area contributed by atoms with Gasteiger partial charge in [0.25, 0.3) is 11.1 Å². The molecule has 0 saturated carbocycles. The number of imide groups is 1. The number of carbonyl (C=O) groups is 3. The number of ether oxygens (including phenoxy) is 1. The van der Waals surface area contributed by atoms with E-state index in [9.17, 15) is 19.5 Å². The number of piperidine rings is 1. The Morgan fingerprint density at radius 3 is 2.86 bits per heavy atom. The number of likely N-dealkylation sites (tertiary alicyclic amines) is 1. The Balaban J connectivity index is 1.73. The summed E-state index contributed by atoms with van der Waals surface area (Å²) in [6.45, 7) is 0.338. The van der Waals surface area contributed by atoms with Crippen LogP contribution in [-0.2, 0) is 9.59 Å². The van der Waals surface area contributed by atoms with Crippen molar-refractivity contribution in [3.63, 3.8) is 0 Å². The molecule has 8 heteroatoms. The largest absolute Gasteiger partial charge is 0.496 e. The van der Waals surface area contributed by atoms with Gasteiger partial charge in [0.1, 0.15) is 12.3 Å². The molecule has 7 nitrogen and oxygen atoms in total. The predicted molar refractivity (Wildman–Crippen MR) is 107 cm³/mol. The number of rotatable bonds is 6. The third-order valence-corrected chi connectivity index (χ3v) is 5.91. The molecule has 0 spiro atoms. The Kier molecular flexibility index (Phi) is 6.74. The van der Waals surface area contributed by atoms with Crippen molar-refractivity contribution in [2.75, 3.05) is 26.8 Å². The molecular formula is C20H24N2O5S. The number of aliphatic hydroxyl groups excluding tert-OH is 1. The van der Waals surface area contributed by atoms with Crippen molar-refractivity contribution in [1.29, 1.82) is 0 Å². The number of carbonyl (C=O) groups excluding carboxylic acids is 3. The molecule has 2 aliphatic heterocycles. The van der Waals surface area contributed by atoms with Gasteiger partial charge in [0, 0.05) is 24.8 Å². The topological polar surface area (TPSA) is 87.2 Å². The zero-order valence-corrected chi connectivity index (χ0v) is 16.6. The minimum Gasteiger partial charge on any atom is -0.496 e. The molecular weight excluding hydrogens is 380 g/mol. The smallest absolute Gasteiger partial charge is 0.294 e. The van der Waals surface area contributed by atoms with Crippen LogP contribution in [0.4, 0.5) is 4.79 Å². The van der Waals surface area contributed by atoms with E-state index in [0.717, 1.165) is 35.9 Å². The number of hydrogen-bond acceptors (Lipinski definition) is 6. The minimum atomic E-state index is -0.468. The summed E-state index contributed by atoms with van der Waals surface area (Å²) in [7, 11) is 1.54. The van der Waals surface area contributed by atoms with Crippen molar-refractivity contribution >= 4 is 34.9 Å². The lowest BCUT2D eigenvalue weighted by Crippen LogP contribution is -2.49. The van der Waals surface area contributed by atoms with Crippen molar-refractivity contribution in [3.05, 3.63) is 34.7 Å². The summed E-state index contributed by atoms with van der Waals surface area (Å²) in [6, 6.07) is 7.18. The number of thioether (sulfide) groups is 1. The van der Waals surface area contributed by atoms with Gasteiger partial charge in [0.15, 0.2) is 0 Å². The van der Waals surface area contributed by atoms with Crippen LogP contribution >= 0.6 is 11.8 Å². The van der Waals surface area contributed by atoms with Crippen LogP contribution in [0.3, 0.4) is 0 Å². The molecule has 0 aliphatic carbocycles. The first-order chi connectivity index (χ1) is 13.5. The molecule has 0 unspecified atom stereocenters. The molecule has 1 atom stereocenters. The Morgan fingerprint density at radius 1 is 1.32 bits per heavy atom. The van der Waals surface area contributed by atoms with Crippen molar-refractivity contribution in [3.8, 4) is 5.75 Å². The van der Waals surface area contributed by atoms with E-state index >= 15 is 0 Å². The summed E-state index contributed by atoms with van der Waals surface area (Å²) < 4.78 is 5.28. The molecule has 2 aliphatic rings. The Hall–Kier alpha value is -2.32. The molecule has 150 valence electrons. The number of nitrogens with zero attached hydrogens (tertiary/aromatic N) is 2. The second kappa shape index (κ2) is 9.25. The van der Waals surface area contributed by atoms with Gasteiger partial charge in [0.05, 0.1) is 12.0 Å². The standard InChI is InChI=1S/C20H24N2O5S/c1-27-16-8-3-2-6-14(16)12-17-19(25)22(20(26)28-17)13-18(24)21-10-5-4-7-15(21)9-11-23/h2-3,6,8,12,15,23H,4-5,7,9-11,13H2,1H3/b17-12+/t15-/m1/s1. The summed E-state index contributed by atoms with van der Waals surface area (Å²) in [5.41, 5.74) is 0.695. The number of methoxy groups -OCH3 is 1. The zero-order valence-electron chi connectivity index (χ0n) is 15.8. The number of benzene rings is 1. The van der Waals surface area contributed by atoms with Gasteiger partial charge in [-0.25, -0.2) is 0 Å². The molecule has 0 bridgehead atoms. The predicted octanol–water partition coefficient (Wildman–Crippen LogP) is 2.50. The Labute approximate surface area is 168 Å². The summed E-state index contributed by atoms with van der Waals surface area (Å²) in [5, 5.41) is 8.78. The fourth-order valence-corrected chi connectivity index (χ4v) is 4.40. The van der Waals surface area contributed by atoms with Gasteiger partial charge in [-0.15, -0.1) is 0 Å². The van der Waals surface area contributed by atoms with E-state index in [2.05, 4.69) is 0 Å². The van der Waals surface area contributed by atoms with Gasteiger partial charge >= 0.3 is 0 Å². The van der Waals surface area contributed by atoms with Gasteiger partial charge in [0.2, 0.25) is 5.91 Å². The number of hydrogen-bond donors (Lipinski definition) is 1. The first kappa shape index (κ1) is 20.4. The van der Waals surface area contributed by atoms with Crippen LogP contribution in [-0.4, -0.2) is 64.8 Å². The van der Waals surface area contributed by atoms with Crippen molar-refractivity contribution in [2.24, 2.45) is 0 Å². The zero-order chi connectivity index (χ0) is 20.1. The molecule has 2 fully saturated rings. The minimum absolute atomic E-state index is 0.0116. The van der Waals surface area contributed by atoms with Gasteiger partial charge in [-0.2, -0.15) is 0 Å². The van der Waals surface area contributed by atoms with E-state index in [1.54, 1.807) is 30.2 Å². The van der Waals surface area contributed by atoms with Crippen LogP contribution in [0.25, 0.3) is 6.08 Å². The van der Waals surface area contributed by atoms with E-state index < -0.39 is 11.1 Å². The molecule has 3 amide bonds. The summed E-state index contributed by atoms with van der Waals surface area (Å²) in [4.78, 5) is 40.8. The Bertz CT molecular complexity index is 793. The highest BCUT2D eigenvalue weighted by Gasteiger charge is 2.38. The van der Waals surface area contributed by atoms with Crippen molar-refractivity contribution in [2.45, 2.75) is 31.7 Å². The molecule has 28 heavy (non-hydrogen) atoms. The van der Waals surface area contributed by atoms with Gasteiger partial charge < -0.3 is 14.7 Å². The fraction of sp³-hybridized carbons (Fsp3) is 0.450. The number of aliphatic hydroxyl groups is 1. The molecule has 1 aromatic rings. The molecule has 0 aromatic heterocycles. The van der Waals surface area contributed by atoms with Crippen molar-refractivity contribution < 1.29 is 24.2 Å². The van der Waals surface area contributed by atoms with Crippen LogP contribution in [0.1, 0.15) is 31.2 Å². The molecule has 3 rings (SSSR count). The average Bonchev–Trinajstić information content (AvgIpc) is 2.96. The molecule has 1 N–H and O–H groups in total. The highest BCUT2D eigenvalue weighted by Crippen LogP contribution is 2.34. The molecule has 1 aromatic carbocycles. The second-order valence-corrected chi connectivity index (χ2v) is 7.75. The molecule has 2 saturated heterocycles. The summed E-state index contributed by atoms with van der Waals surface area (Å²) in [6.07, 6.45) is 4.87. The van der Waals surface area contributed by atoms with E-state index in [-0.39, 0.29) is 30.0 Å². The number of amides is 3. The van der Waals surface area contributed by atoms with Crippen molar-refractivity contribution in [1.82, 2.24) is 9.80 Å². The summed E-state index contributed by atoms with van der Waals surface area (Å²) >= 11 is 0.828. The third-order valence-electron chi connectivity index (χ3n) is 5.00. The van der Waals surface area contributed by atoms with Gasteiger partial charge in [-0.1, -0.05) is 18.2 Å². The van der Waals surface area contributed by atoms with Crippen LogP contribution in [0, 0.1) is 0 Å². The van der Waals surface area contributed by atoms with E-state index in [4.69, 9.17) is 4.74 Å². The summed E-state index contributed by atoms with van der Waals surface area (Å²) in [5.74, 6) is -0.116. The third kappa shape index (κ3) is 4.39. The maximum Gasteiger partial charge on any atom is 0.294 e. The van der Waals surface area contributed by atoms with Gasteiger partial charge in [-0.3, -0.25) is 19.3 Å². The average molecular weight is 404 g/mol. The van der Waals surface area contributed by atoms with Crippen LogP contribution < -0.4 is 4.74 Å². The van der Waals surface area contributed by atoms with Crippen LogP contribution in [0.15, 0.2) is 29.2 Å². The Morgan fingerprint density at radius 2 is 2.11 bits per heavy atom. The van der Waals surface area contributed by atoms with Crippen LogP contribution in [0.2, 0.25) is 0 Å².